The highest BCUT2D eigenvalue weighted by Gasteiger charge is 2.14. The van der Waals surface area contributed by atoms with Gasteiger partial charge in [-0.05, 0) is 60.2 Å². The number of rotatable bonds is 12. The zero-order chi connectivity index (χ0) is 22.7. The third-order valence-corrected chi connectivity index (χ3v) is 5.61. The summed E-state index contributed by atoms with van der Waals surface area (Å²) in [4.78, 5) is 10.5. The smallest absolute Gasteiger partial charge is 0.304 e. The van der Waals surface area contributed by atoms with E-state index in [1.807, 2.05) is 12.1 Å². The predicted octanol–water partition coefficient (Wildman–Crippen LogP) is 3.06. The van der Waals surface area contributed by atoms with E-state index in [0.717, 1.165) is 25.1 Å². The number of hydrogen-bond acceptors (Lipinski definition) is 6. The van der Waals surface area contributed by atoms with Crippen LogP contribution in [0.1, 0.15) is 31.7 Å². The van der Waals surface area contributed by atoms with Crippen LogP contribution in [0.3, 0.4) is 0 Å². The van der Waals surface area contributed by atoms with Gasteiger partial charge in [0.25, 0.3) is 0 Å². The molecule has 0 saturated carbocycles. The summed E-state index contributed by atoms with van der Waals surface area (Å²) in [6, 6.07) is 13.1. The van der Waals surface area contributed by atoms with Gasteiger partial charge in [-0.3, -0.25) is 4.79 Å². The average molecular weight is 447 g/mol. The first-order valence-electron chi connectivity index (χ1n) is 9.72. The van der Waals surface area contributed by atoms with Crippen LogP contribution in [-0.4, -0.2) is 38.4 Å². The molecule has 0 radical (unpaired) electrons. The first kappa shape index (κ1) is 24.0. The van der Waals surface area contributed by atoms with Crippen molar-refractivity contribution in [2.24, 2.45) is 21.2 Å². The van der Waals surface area contributed by atoms with E-state index in [2.05, 4.69) is 32.4 Å². The molecule has 0 spiro atoms. The number of nitrogens with one attached hydrogen (secondary N) is 2. The Morgan fingerprint density at radius 2 is 1.74 bits per heavy atom. The molecule has 0 saturated heterocycles. The van der Waals surface area contributed by atoms with Crippen LogP contribution in [0.5, 0.6) is 0 Å². The lowest BCUT2D eigenvalue weighted by Crippen LogP contribution is -2.26. The summed E-state index contributed by atoms with van der Waals surface area (Å²) in [5, 5.41) is 23.5. The van der Waals surface area contributed by atoms with E-state index in [1.165, 1.54) is 24.3 Å². The Morgan fingerprint density at radius 3 is 2.35 bits per heavy atom. The number of sulfonamides is 1. The van der Waals surface area contributed by atoms with Gasteiger partial charge in [0, 0.05) is 24.3 Å². The molecule has 10 nitrogen and oxygen atoms in total. The minimum atomic E-state index is -3.80. The molecule has 2 aromatic carbocycles. The van der Waals surface area contributed by atoms with Crippen LogP contribution in [0, 0.1) is 0 Å². The Kier molecular flexibility index (Phi) is 9.10. The summed E-state index contributed by atoms with van der Waals surface area (Å²) >= 11 is 0. The zero-order valence-electron chi connectivity index (χ0n) is 17.2. The third-order valence-electron chi connectivity index (χ3n) is 4.13. The van der Waals surface area contributed by atoms with E-state index < -0.39 is 16.0 Å². The number of carboxylic acids is 1. The molecular weight excluding hydrogens is 420 g/mol. The molecule has 0 aliphatic heterocycles. The van der Waals surface area contributed by atoms with Gasteiger partial charge in [-0.15, -0.1) is 10.2 Å². The molecule has 11 heteroatoms. The minimum Gasteiger partial charge on any atom is -0.481 e. The van der Waals surface area contributed by atoms with Gasteiger partial charge in [0.15, 0.2) is 5.84 Å². The molecular formula is C20H26N6O4S. The Labute approximate surface area is 181 Å². The van der Waals surface area contributed by atoms with E-state index >= 15 is 0 Å². The van der Waals surface area contributed by atoms with Gasteiger partial charge in [-0.2, -0.15) is 0 Å². The van der Waals surface area contributed by atoms with Crippen LogP contribution in [-0.2, 0) is 14.8 Å². The second-order valence-corrected chi connectivity index (χ2v) is 8.33. The summed E-state index contributed by atoms with van der Waals surface area (Å²) < 4.78 is 26.5. The summed E-state index contributed by atoms with van der Waals surface area (Å²) in [7, 11) is -3.80. The lowest BCUT2D eigenvalue weighted by molar-refractivity contribution is -0.136. The highest BCUT2D eigenvalue weighted by Crippen LogP contribution is 2.17. The van der Waals surface area contributed by atoms with Crippen molar-refractivity contribution in [1.29, 1.82) is 0 Å². The molecule has 2 aromatic rings. The number of amidine groups is 1. The van der Waals surface area contributed by atoms with Gasteiger partial charge in [0.05, 0.1) is 17.0 Å². The quantitative estimate of drug-likeness (QED) is 0.129. The Hall–Kier alpha value is -3.31. The van der Waals surface area contributed by atoms with Crippen LogP contribution >= 0.6 is 0 Å². The molecule has 0 amide bonds. The monoisotopic (exact) mass is 446 g/mol. The second kappa shape index (κ2) is 11.8. The zero-order valence-corrected chi connectivity index (χ0v) is 18.0. The van der Waals surface area contributed by atoms with Gasteiger partial charge in [-0.25, -0.2) is 13.1 Å². The Morgan fingerprint density at radius 1 is 1.06 bits per heavy atom. The molecule has 0 unspecified atom stereocenters. The minimum absolute atomic E-state index is 0.0105. The van der Waals surface area contributed by atoms with Crippen LogP contribution in [0.15, 0.2) is 68.9 Å². The lowest BCUT2D eigenvalue weighted by Gasteiger charge is -2.06. The van der Waals surface area contributed by atoms with Crippen molar-refractivity contribution in [3.8, 4) is 0 Å². The number of anilines is 1. The largest absolute Gasteiger partial charge is 0.481 e. The maximum Gasteiger partial charge on any atom is 0.304 e. The van der Waals surface area contributed by atoms with Gasteiger partial charge < -0.3 is 16.2 Å². The van der Waals surface area contributed by atoms with Crippen molar-refractivity contribution in [2.45, 2.75) is 31.1 Å². The average Bonchev–Trinajstić information content (AvgIpc) is 2.74. The van der Waals surface area contributed by atoms with Crippen LogP contribution < -0.4 is 15.8 Å². The molecule has 2 rings (SSSR count). The summed E-state index contributed by atoms with van der Waals surface area (Å²) in [6.45, 7) is 2.85. The molecule has 166 valence electrons. The lowest BCUT2D eigenvalue weighted by atomic mass is 10.2. The van der Waals surface area contributed by atoms with Crippen LogP contribution in [0.4, 0.5) is 11.4 Å². The molecule has 0 aliphatic rings. The highest BCUT2D eigenvalue weighted by molar-refractivity contribution is 7.89. The molecule has 5 N–H and O–H groups in total. The number of nitrogens with zero attached hydrogens (tertiary/aromatic N) is 3. The fourth-order valence-corrected chi connectivity index (χ4v) is 3.45. The van der Waals surface area contributed by atoms with Crippen molar-refractivity contribution in [1.82, 2.24) is 4.72 Å². The molecule has 0 atom stereocenters. The standard InChI is InChI=1S/C20H26N6O4S/c1-2-3-13-22-16-6-8-17(9-7-16)24-26-25-20(21)15-4-10-18(11-5-15)31(29,30)23-14-12-19(27)28/h4-11,22-23H,2-3,12-14H2,1H3,(H,27,28)(H2,21,24,25). The van der Waals surface area contributed by atoms with Crippen molar-refractivity contribution < 1.29 is 18.3 Å². The molecule has 0 aliphatic carbocycles. The fourth-order valence-electron chi connectivity index (χ4n) is 2.42. The molecule has 31 heavy (non-hydrogen) atoms. The number of benzene rings is 2. The predicted molar refractivity (Wildman–Crippen MR) is 119 cm³/mol. The van der Waals surface area contributed by atoms with Crippen molar-refractivity contribution >= 4 is 33.2 Å². The van der Waals surface area contributed by atoms with Crippen molar-refractivity contribution in [3.05, 3.63) is 54.1 Å². The topological polar surface area (TPSA) is 159 Å². The van der Waals surface area contributed by atoms with Crippen LogP contribution in [0.25, 0.3) is 0 Å². The number of hydrogen-bond donors (Lipinski definition) is 4. The van der Waals surface area contributed by atoms with Gasteiger partial charge in [0.2, 0.25) is 10.0 Å². The normalized spacial score (nSPS) is 12.2. The van der Waals surface area contributed by atoms with E-state index in [1.54, 1.807) is 12.1 Å². The summed E-state index contributed by atoms with van der Waals surface area (Å²) in [6.07, 6.45) is 1.92. The number of unbranched alkanes of at least 4 members (excludes halogenated alkanes) is 1. The van der Waals surface area contributed by atoms with Gasteiger partial charge >= 0.3 is 5.97 Å². The third kappa shape index (κ3) is 8.15. The molecule has 0 fully saturated rings. The number of nitrogens with two attached hydrogens (primary N) is 1. The Balaban J connectivity index is 1.96. The van der Waals surface area contributed by atoms with E-state index in [4.69, 9.17) is 10.8 Å². The van der Waals surface area contributed by atoms with E-state index in [0.29, 0.717) is 11.3 Å². The van der Waals surface area contributed by atoms with Gasteiger partial charge in [-0.1, -0.05) is 13.3 Å². The first-order chi connectivity index (χ1) is 14.8. The molecule has 0 bridgehead atoms. The van der Waals surface area contributed by atoms with Crippen molar-refractivity contribution in [2.75, 3.05) is 18.4 Å². The first-order valence-corrected chi connectivity index (χ1v) is 11.2. The van der Waals surface area contributed by atoms with E-state index in [-0.39, 0.29) is 23.7 Å². The van der Waals surface area contributed by atoms with Crippen LogP contribution in [0.2, 0.25) is 0 Å². The number of carbonyl (C=O) groups is 1. The SMILES string of the molecule is CCCCNc1ccc(N=N/N=C(\N)c2ccc(S(=O)(=O)NCCC(=O)O)cc2)cc1. The van der Waals surface area contributed by atoms with E-state index in [9.17, 15) is 13.2 Å². The highest BCUT2D eigenvalue weighted by atomic mass is 32.2. The van der Waals surface area contributed by atoms with Gasteiger partial charge in [0.1, 0.15) is 0 Å². The van der Waals surface area contributed by atoms with Crippen molar-refractivity contribution in [3.63, 3.8) is 0 Å². The molecule has 0 heterocycles. The number of aliphatic carboxylic acids is 1. The fraction of sp³-hybridized carbons (Fsp3) is 0.300. The summed E-state index contributed by atoms with van der Waals surface area (Å²) in [5.74, 6) is -1.01. The maximum absolute atomic E-state index is 12.1. The second-order valence-electron chi connectivity index (χ2n) is 6.57. The Bertz CT molecular complexity index is 1020. The molecule has 0 aromatic heterocycles. The maximum atomic E-state index is 12.1. The summed E-state index contributed by atoms with van der Waals surface area (Å²) in [5.41, 5.74) is 7.97. The number of carboxylic acid groups (broad SMARTS) is 1.